The van der Waals surface area contributed by atoms with E-state index >= 15 is 0 Å². The Balaban J connectivity index is 1.10. The average Bonchev–Trinajstić information content (AvgIpc) is 3.05. The normalized spacial score (nSPS) is 16.6. The van der Waals surface area contributed by atoms with Crippen LogP contribution in [-0.4, -0.2) is 99.9 Å². The molecule has 0 atom stereocenters. The molecule has 2 aliphatic rings. The van der Waals surface area contributed by atoms with Gasteiger partial charge in [-0.3, -0.25) is 19.2 Å². The smallest absolute Gasteiger partial charge is 0.225 e. The summed E-state index contributed by atoms with van der Waals surface area (Å²) >= 11 is 12.4. The van der Waals surface area contributed by atoms with Crippen LogP contribution in [0.5, 0.6) is 11.5 Å². The van der Waals surface area contributed by atoms with Crippen LogP contribution in [0.4, 0.5) is 11.4 Å². The molecule has 13 heteroatoms. The Bertz CT molecular complexity index is 1260. The number of aldehydes is 2. The third-order valence-corrected chi connectivity index (χ3v) is 8.83. The molecule has 0 bridgehead atoms. The highest BCUT2D eigenvalue weighted by Gasteiger charge is 2.26. The second-order valence-corrected chi connectivity index (χ2v) is 12.0. The van der Waals surface area contributed by atoms with Gasteiger partial charge in [-0.1, -0.05) is 23.2 Å². The third-order valence-electron chi connectivity index (χ3n) is 8.21. The number of benzene rings is 2. The van der Waals surface area contributed by atoms with Gasteiger partial charge in [0, 0.05) is 64.2 Å². The topological polar surface area (TPSA) is 127 Å². The minimum atomic E-state index is -0.155. The molecule has 2 aromatic carbocycles. The first kappa shape index (κ1) is 34.6. The number of nitrogens with one attached hydrogen (secondary N) is 2. The molecule has 0 aliphatic carbocycles. The molecule has 45 heavy (non-hydrogen) atoms. The number of rotatable bonds is 14. The summed E-state index contributed by atoms with van der Waals surface area (Å²) in [5.74, 6) is 0.399. The molecule has 4 rings (SSSR count). The van der Waals surface area contributed by atoms with E-state index in [4.69, 9.17) is 37.4 Å². The lowest BCUT2D eigenvalue weighted by molar-refractivity contribution is -0.117. The van der Waals surface area contributed by atoms with Crippen LogP contribution in [0.25, 0.3) is 0 Å². The summed E-state index contributed by atoms with van der Waals surface area (Å²) in [4.78, 5) is 52.0. The average molecular weight is 664 g/mol. The minimum absolute atomic E-state index is 0.155. The fourth-order valence-corrected chi connectivity index (χ4v) is 6.06. The highest BCUT2D eigenvalue weighted by molar-refractivity contribution is 6.34. The number of halogens is 2. The quantitative estimate of drug-likeness (QED) is 0.271. The number of piperidine rings is 2. The van der Waals surface area contributed by atoms with Crippen LogP contribution in [0.15, 0.2) is 24.3 Å². The standard InChI is InChI=1S/C32H40Cl2N4O7/c1-43-29-17-27(25(33)15-21(29)19-39)35-31(41)7-13-37-9-3-23(4-10-37)45-24-5-11-38(12-6-24)14-8-32(42)36-28-18-30(44-2)22(20-40)16-26(28)34/h15-20,23-24H,3-14H2,1-2H3,(H,35,41)(H,36,42). The summed E-state index contributed by atoms with van der Waals surface area (Å²) in [7, 11) is 2.91. The SMILES string of the molecule is COc1cc(NC(=O)CCN2CCC(OC3CCN(CCC(=O)Nc4cc(OC)c(C=O)cc4Cl)CC3)CC2)c(Cl)cc1C=O. The Labute approximate surface area is 273 Å². The molecular formula is C32H40Cl2N4O7. The number of amides is 2. The second kappa shape index (κ2) is 16.9. The van der Waals surface area contributed by atoms with Crippen LogP contribution in [0.2, 0.25) is 10.0 Å². The molecule has 2 N–H and O–H groups in total. The van der Waals surface area contributed by atoms with Crippen molar-refractivity contribution in [2.75, 3.05) is 64.1 Å². The number of carbonyl (C=O) groups excluding carboxylic acids is 4. The molecule has 2 fully saturated rings. The molecule has 244 valence electrons. The number of ether oxygens (including phenoxy) is 3. The minimum Gasteiger partial charge on any atom is -0.496 e. The predicted octanol–water partition coefficient (Wildman–Crippen LogP) is 4.94. The van der Waals surface area contributed by atoms with E-state index in [1.165, 1.54) is 26.4 Å². The monoisotopic (exact) mass is 662 g/mol. The van der Waals surface area contributed by atoms with Gasteiger partial charge in [-0.25, -0.2) is 0 Å². The number of anilines is 2. The molecular weight excluding hydrogens is 623 g/mol. The maximum Gasteiger partial charge on any atom is 0.225 e. The first-order valence-electron chi connectivity index (χ1n) is 15.1. The summed E-state index contributed by atoms with van der Waals surface area (Å²) in [6, 6.07) is 6.07. The van der Waals surface area contributed by atoms with Crippen LogP contribution in [0, 0.1) is 0 Å². The number of nitrogens with zero attached hydrogens (tertiary/aromatic N) is 2. The van der Waals surface area contributed by atoms with Crippen LogP contribution < -0.4 is 20.1 Å². The Morgan fingerprint density at radius 2 is 1.11 bits per heavy atom. The van der Waals surface area contributed by atoms with Crippen molar-refractivity contribution < 1.29 is 33.4 Å². The van der Waals surface area contributed by atoms with E-state index in [-0.39, 0.29) is 34.1 Å². The Kier molecular flexibility index (Phi) is 13.0. The van der Waals surface area contributed by atoms with Gasteiger partial charge in [-0.05, 0) is 37.8 Å². The van der Waals surface area contributed by atoms with Gasteiger partial charge >= 0.3 is 0 Å². The first-order chi connectivity index (χ1) is 21.7. The predicted molar refractivity (Wildman–Crippen MR) is 173 cm³/mol. The number of likely N-dealkylation sites (tertiary alicyclic amines) is 2. The molecule has 0 unspecified atom stereocenters. The summed E-state index contributed by atoms with van der Waals surface area (Å²) < 4.78 is 16.8. The molecule has 0 aromatic heterocycles. The zero-order valence-electron chi connectivity index (χ0n) is 25.6. The number of hydrogen-bond donors (Lipinski definition) is 2. The number of carbonyl (C=O) groups is 4. The summed E-state index contributed by atoms with van der Waals surface area (Å²) in [5, 5.41) is 6.19. The van der Waals surface area contributed by atoms with Crippen LogP contribution >= 0.6 is 23.2 Å². The van der Waals surface area contributed by atoms with Crippen molar-refractivity contribution in [3.8, 4) is 11.5 Å². The van der Waals surface area contributed by atoms with Gasteiger partial charge in [-0.15, -0.1) is 0 Å². The molecule has 2 aromatic rings. The summed E-state index contributed by atoms with van der Waals surface area (Å²) in [6.07, 6.45) is 6.03. The lowest BCUT2D eigenvalue weighted by Crippen LogP contribution is -2.43. The third kappa shape index (κ3) is 9.88. The van der Waals surface area contributed by atoms with Gasteiger partial charge in [0.2, 0.25) is 11.8 Å². The fourth-order valence-electron chi connectivity index (χ4n) is 5.62. The maximum absolute atomic E-state index is 12.6. The highest BCUT2D eigenvalue weighted by Crippen LogP contribution is 2.31. The highest BCUT2D eigenvalue weighted by atomic mass is 35.5. The molecule has 2 amide bonds. The van der Waals surface area contributed by atoms with Crippen LogP contribution in [-0.2, 0) is 14.3 Å². The molecule has 2 aliphatic heterocycles. The van der Waals surface area contributed by atoms with Gasteiger partial charge in [0.05, 0.1) is 59.0 Å². The molecule has 2 heterocycles. The number of hydrogen-bond acceptors (Lipinski definition) is 9. The van der Waals surface area contributed by atoms with Crippen molar-refractivity contribution in [3.05, 3.63) is 45.4 Å². The van der Waals surface area contributed by atoms with E-state index in [1.54, 1.807) is 12.1 Å². The second-order valence-electron chi connectivity index (χ2n) is 11.2. The maximum atomic E-state index is 12.6. The van der Waals surface area contributed by atoms with E-state index < -0.39 is 0 Å². The largest absolute Gasteiger partial charge is 0.496 e. The molecule has 2 saturated heterocycles. The molecule has 0 saturated carbocycles. The van der Waals surface area contributed by atoms with Gasteiger partial charge in [-0.2, -0.15) is 0 Å². The Morgan fingerprint density at radius 3 is 1.44 bits per heavy atom. The van der Waals surface area contributed by atoms with Crippen molar-refractivity contribution >= 4 is 59.0 Å². The molecule has 11 nitrogen and oxygen atoms in total. The lowest BCUT2D eigenvalue weighted by Gasteiger charge is -2.37. The zero-order chi connectivity index (χ0) is 32.3. The lowest BCUT2D eigenvalue weighted by atomic mass is 10.0. The van der Waals surface area contributed by atoms with Crippen molar-refractivity contribution in [1.29, 1.82) is 0 Å². The van der Waals surface area contributed by atoms with E-state index in [9.17, 15) is 19.2 Å². The first-order valence-corrected chi connectivity index (χ1v) is 15.8. The zero-order valence-corrected chi connectivity index (χ0v) is 27.1. The van der Waals surface area contributed by atoms with E-state index in [1.807, 2.05) is 0 Å². The Hall–Kier alpha value is -3.22. The van der Waals surface area contributed by atoms with Gasteiger partial charge in [0.15, 0.2) is 12.6 Å². The van der Waals surface area contributed by atoms with E-state index in [0.29, 0.717) is 72.5 Å². The molecule has 0 spiro atoms. The van der Waals surface area contributed by atoms with Crippen molar-refractivity contribution in [3.63, 3.8) is 0 Å². The van der Waals surface area contributed by atoms with Crippen LogP contribution in [0.1, 0.15) is 59.2 Å². The summed E-state index contributed by atoms with van der Waals surface area (Å²) in [6.45, 7) is 4.72. The van der Waals surface area contributed by atoms with Crippen molar-refractivity contribution in [2.45, 2.75) is 50.7 Å². The van der Waals surface area contributed by atoms with Gasteiger partial charge < -0.3 is 34.6 Å². The van der Waals surface area contributed by atoms with E-state index in [0.717, 1.165) is 51.9 Å². The van der Waals surface area contributed by atoms with Gasteiger partial charge in [0.1, 0.15) is 11.5 Å². The number of methoxy groups -OCH3 is 2. The van der Waals surface area contributed by atoms with Crippen molar-refractivity contribution in [1.82, 2.24) is 9.80 Å². The van der Waals surface area contributed by atoms with E-state index in [2.05, 4.69) is 20.4 Å². The van der Waals surface area contributed by atoms with Crippen LogP contribution in [0.3, 0.4) is 0 Å². The van der Waals surface area contributed by atoms with Gasteiger partial charge in [0.25, 0.3) is 0 Å². The summed E-state index contributed by atoms with van der Waals surface area (Å²) in [5.41, 5.74) is 1.48. The Morgan fingerprint density at radius 1 is 0.733 bits per heavy atom. The fraction of sp³-hybridized carbons (Fsp3) is 0.500. The molecule has 0 radical (unpaired) electrons. The van der Waals surface area contributed by atoms with Crippen molar-refractivity contribution in [2.24, 2.45) is 0 Å².